The van der Waals surface area contributed by atoms with Crippen LogP contribution in [0.1, 0.15) is 6.42 Å². The fourth-order valence-corrected chi connectivity index (χ4v) is 3.00. The Hall–Kier alpha value is -1.51. The van der Waals surface area contributed by atoms with Gasteiger partial charge in [-0.3, -0.25) is 5.73 Å². The number of nitriles is 1. The average Bonchev–Trinajstić information content (AvgIpc) is 2.84. The van der Waals surface area contributed by atoms with Gasteiger partial charge in [0.1, 0.15) is 0 Å². The standard InChI is InChI=1S/C13H16BrF2N7/c14-9-1-3-10(4-2-9)23-20-22(12(18)21(23)8-17)11-5-6-19-7-13(11,15)16/h1-4,11-12,19-20H,5-7,18H2. The van der Waals surface area contributed by atoms with Gasteiger partial charge in [0.25, 0.3) is 5.92 Å². The van der Waals surface area contributed by atoms with Crippen LogP contribution < -0.4 is 21.7 Å². The molecule has 2 heterocycles. The molecule has 4 N–H and O–H groups in total. The number of rotatable bonds is 2. The molecule has 7 nitrogen and oxygen atoms in total. The molecule has 3 rings (SSSR count). The topological polar surface area (TPSA) is 83.6 Å². The van der Waals surface area contributed by atoms with E-state index in [2.05, 4.69) is 26.8 Å². The Labute approximate surface area is 140 Å². The third-order valence-electron chi connectivity index (χ3n) is 3.91. The molecule has 0 amide bonds. The molecule has 10 heteroatoms. The van der Waals surface area contributed by atoms with Crippen LogP contribution in [0.3, 0.4) is 0 Å². The molecule has 23 heavy (non-hydrogen) atoms. The van der Waals surface area contributed by atoms with Crippen molar-refractivity contribution >= 4 is 21.6 Å². The number of anilines is 1. The first kappa shape index (κ1) is 16.4. The number of hydrogen-bond acceptors (Lipinski definition) is 7. The van der Waals surface area contributed by atoms with Crippen molar-refractivity contribution < 1.29 is 8.78 Å². The summed E-state index contributed by atoms with van der Waals surface area (Å²) in [5, 5.41) is 15.8. The molecule has 1 aromatic rings. The minimum absolute atomic E-state index is 0.223. The summed E-state index contributed by atoms with van der Waals surface area (Å²) >= 11 is 3.33. The van der Waals surface area contributed by atoms with Gasteiger partial charge >= 0.3 is 0 Å². The average molecular weight is 388 g/mol. The summed E-state index contributed by atoms with van der Waals surface area (Å²) < 4.78 is 29.2. The quantitative estimate of drug-likeness (QED) is 0.651. The molecule has 1 aromatic carbocycles. The van der Waals surface area contributed by atoms with E-state index in [1.165, 1.54) is 10.1 Å². The van der Waals surface area contributed by atoms with Crippen molar-refractivity contribution in [3.05, 3.63) is 28.7 Å². The van der Waals surface area contributed by atoms with Crippen LogP contribution in [0.4, 0.5) is 14.5 Å². The maximum Gasteiger partial charge on any atom is 0.277 e. The number of hydrogen-bond donors (Lipinski definition) is 3. The summed E-state index contributed by atoms with van der Waals surface area (Å²) in [6, 6.07) is 5.98. The highest BCUT2D eigenvalue weighted by molar-refractivity contribution is 9.10. The van der Waals surface area contributed by atoms with Gasteiger partial charge in [0.15, 0.2) is 6.29 Å². The number of alkyl halides is 2. The minimum Gasteiger partial charge on any atom is -0.311 e. The van der Waals surface area contributed by atoms with Gasteiger partial charge in [-0.25, -0.2) is 8.78 Å². The zero-order valence-corrected chi connectivity index (χ0v) is 13.7. The Bertz CT molecular complexity index is 605. The zero-order chi connectivity index (χ0) is 16.6. The third kappa shape index (κ3) is 2.98. The SMILES string of the molecule is N#CN1C(N)N(C2CCNCC2(F)F)NN1c1ccc(Br)cc1. The van der Waals surface area contributed by atoms with E-state index in [9.17, 15) is 14.0 Å². The molecule has 2 aliphatic rings. The largest absolute Gasteiger partial charge is 0.311 e. The molecule has 2 atom stereocenters. The Morgan fingerprint density at radius 3 is 2.65 bits per heavy atom. The molecule has 124 valence electrons. The number of halogens is 3. The molecule has 0 bridgehead atoms. The molecule has 0 aromatic heterocycles. The molecular formula is C13H16BrF2N7. The molecule has 2 fully saturated rings. The highest BCUT2D eigenvalue weighted by Crippen LogP contribution is 2.31. The van der Waals surface area contributed by atoms with Crippen LogP contribution in [0.25, 0.3) is 0 Å². The monoisotopic (exact) mass is 387 g/mol. The summed E-state index contributed by atoms with van der Waals surface area (Å²) in [5.74, 6) is -2.94. The number of nitrogens with one attached hydrogen (secondary N) is 2. The van der Waals surface area contributed by atoms with Crippen molar-refractivity contribution in [2.45, 2.75) is 24.7 Å². The van der Waals surface area contributed by atoms with Crippen LogP contribution in [-0.4, -0.2) is 41.4 Å². The van der Waals surface area contributed by atoms with E-state index in [1.54, 1.807) is 24.3 Å². The van der Waals surface area contributed by atoms with Crippen LogP contribution in [0, 0.1) is 11.5 Å². The lowest BCUT2D eigenvalue weighted by atomic mass is 10.0. The van der Waals surface area contributed by atoms with E-state index in [-0.39, 0.29) is 6.42 Å². The van der Waals surface area contributed by atoms with Crippen molar-refractivity contribution in [1.82, 2.24) is 20.9 Å². The number of hydrazine groups is 3. The van der Waals surface area contributed by atoms with Crippen LogP contribution in [-0.2, 0) is 0 Å². The predicted molar refractivity (Wildman–Crippen MR) is 83.2 cm³/mol. The predicted octanol–water partition coefficient (Wildman–Crippen LogP) is 0.928. The molecule has 2 unspecified atom stereocenters. The molecule has 0 saturated carbocycles. The highest BCUT2D eigenvalue weighted by Gasteiger charge is 2.51. The highest BCUT2D eigenvalue weighted by atomic mass is 79.9. The van der Waals surface area contributed by atoms with Crippen LogP contribution >= 0.6 is 15.9 Å². The lowest BCUT2D eigenvalue weighted by Crippen LogP contribution is -2.63. The first-order valence-electron chi connectivity index (χ1n) is 7.07. The minimum atomic E-state index is -2.94. The fraction of sp³-hybridized carbons (Fsp3) is 0.462. The fourth-order valence-electron chi connectivity index (χ4n) is 2.74. The van der Waals surface area contributed by atoms with Crippen molar-refractivity contribution in [2.75, 3.05) is 18.2 Å². The first-order chi connectivity index (χ1) is 10.9. The normalized spacial score (nSPS) is 28.0. The maximum atomic E-state index is 14.2. The first-order valence-corrected chi connectivity index (χ1v) is 7.86. The van der Waals surface area contributed by atoms with Gasteiger partial charge in [0.2, 0.25) is 6.19 Å². The van der Waals surface area contributed by atoms with Gasteiger partial charge in [-0.15, -0.1) is 5.53 Å². The third-order valence-corrected chi connectivity index (χ3v) is 4.44. The second kappa shape index (κ2) is 6.18. The summed E-state index contributed by atoms with van der Waals surface area (Å²) in [5.41, 5.74) is 9.45. The van der Waals surface area contributed by atoms with E-state index >= 15 is 0 Å². The van der Waals surface area contributed by atoms with Crippen LogP contribution in [0.5, 0.6) is 0 Å². The number of piperidine rings is 1. The Morgan fingerprint density at radius 1 is 1.35 bits per heavy atom. The second-order valence-electron chi connectivity index (χ2n) is 5.40. The summed E-state index contributed by atoms with van der Waals surface area (Å²) in [7, 11) is 0. The van der Waals surface area contributed by atoms with E-state index in [0.29, 0.717) is 12.2 Å². The number of nitrogens with two attached hydrogens (primary N) is 1. The molecule has 0 radical (unpaired) electrons. The lowest BCUT2D eigenvalue weighted by molar-refractivity contribution is -0.116. The van der Waals surface area contributed by atoms with E-state index in [4.69, 9.17) is 5.73 Å². The molecule has 2 aliphatic heterocycles. The molecular weight excluding hydrogens is 372 g/mol. The van der Waals surface area contributed by atoms with Crippen molar-refractivity contribution in [3.8, 4) is 6.19 Å². The number of nitrogens with zero attached hydrogens (tertiary/aromatic N) is 4. The maximum absolute atomic E-state index is 14.2. The summed E-state index contributed by atoms with van der Waals surface area (Å²) in [6.45, 7) is 0.0589. The van der Waals surface area contributed by atoms with Crippen molar-refractivity contribution in [3.63, 3.8) is 0 Å². The second-order valence-corrected chi connectivity index (χ2v) is 6.31. The van der Waals surface area contributed by atoms with Crippen LogP contribution in [0.15, 0.2) is 28.7 Å². The molecule has 0 aliphatic carbocycles. The van der Waals surface area contributed by atoms with Gasteiger partial charge in [-0.05, 0) is 37.2 Å². The van der Waals surface area contributed by atoms with E-state index < -0.39 is 24.8 Å². The number of benzene rings is 1. The Balaban J connectivity index is 1.87. The Kier molecular flexibility index (Phi) is 4.39. The molecule has 2 saturated heterocycles. The van der Waals surface area contributed by atoms with Gasteiger partial charge in [0, 0.05) is 4.47 Å². The van der Waals surface area contributed by atoms with Crippen LogP contribution in [0.2, 0.25) is 0 Å². The molecule has 0 spiro atoms. The van der Waals surface area contributed by atoms with E-state index in [0.717, 1.165) is 9.48 Å². The smallest absolute Gasteiger partial charge is 0.277 e. The van der Waals surface area contributed by atoms with Gasteiger partial charge in [-0.1, -0.05) is 15.9 Å². The zero-order valence-electron chi connectivity index (χ0n) is 12.1. The summed E-state index contributed by atoms with van der Waals surface area (Å²) in [4.78, 5) is 0. The van der Waals surface area contributed by atoms with E-state index in [1.807, 2.05) is 6.19 Å². The Morgan fingerprint density at radius 2 is 2.04 bits per heavy atom. The van der Waals surface area contributed by atoms with Gasteiger partial charge in [0.05, 0.1) is 18.3 Å². The van der Waals surface area contributed by atoms with Gasteiger partial charge in [-0.2, -0.15) is 20.4 Å². The van der Waals surface area contributed by atoms with Gasteiger partial charge < -0.3 is 5.32 Å². The summed E-state index contributed by atoms with van der Waals surface area (Å²) in [6.07, 6.45) is 1.14. The van der Waals surface area contributed by atoms with Crippen molar-refractivity contribution in [1.29, 1.82) is 5.26 Å². The lowest BCUT2D eigenvalue weighted by Gasteiger charge is -2.38. The van der Waals surface area contributed by atoms with Crippen molar-refractivity contribution in [2.24, 2.45) is 5.73 Å².